The summed E-state index contributed by atoms with van der Waals surface area (Å²) >= 11 is 0. The summed E-state index contributed by atoms with van der Waals surface area (Å²) in [7, 11) is -3.78. The molecule has 3 rings (SSSR count). The molecule has 9 heteroatoms. The van der Waals surface area contributed by atoms with Crippen LogP contribution in [0.1, 0.15) is 32.3 Å². The Bertz CT molecular complexity index is 1100. The Morgan fingerprint density at radius 3 is 2.60 bits per heavy atom. The van der Waals surface area contributed by atoms with Gasteiger partial charge >= 0.3 is 0 Å². The van der Waals surface area contributed by atoms with Crippen LogP contribution in [0.3, 0.4) is 0 Å². The molecule has 0 fully saturated rings. The molecule has 30 heavy (non-hydrogen) atoms. The molecule has 160 valence electrons. The quantitative estimate of drug-likeness (QED) is 0.752. The topological polar surface area (TPSA) is 83.6 Å². The van der Waals surface area contributed by atoms with E-state index in [1.54, 1.807) is 17.9 Å². The Labute approximate surface area is 173 Å². The Morgan fingerprint density at radius 2 is 1.90 bits per heavy atom. The summed E-state index contributed by atoms with van der Waals surface area (Å²) in [5, 5.41) is 2.18. The van der Waals surface area contributed by atoms with Crippen molar-refractivity contribution in [3.63, 3.8) is 0 Å². The lowest BCUT2D eigenvalue weighted by Crippen LogP contribution is -2.35. The second-order valence-corrected chi connectivity index (χ2v) is 9.31. The van der Waals surface area contributed by atoms with E-state index in [4.69, 9.17) is 0 Å². The van der Waals surface area contributed by atoms with Crippen molar-refractivity contribution >= 4 is 33.0 Å². The molecule has 2 aromatic rings. The predicted molar refractivity (Wildman–Crippen MR) is 109 cm³/mol. The largest absolute Gasteiger partial charge is 0.323 e. The Balaban J connectivity index is 1.71. The average molecular weight is 436 g/mol. The number of carbonyl (C=O) groups is 2. The lowest BCUT2D eigenvalue weighted by molar-refractivity contribution is -0.118. The molecule has 1 aliphatic heterocycles. The summed E-state index contributed by atoms with van der Waals surface area (Å²) in [5.74, 6) is -2.79. The zero-order valence-electron chi connectivity index (χ0n) is 16.6. The standard InChI is InChI=1S/C21H22F2N2O4S/c1-3-21(27)25-13(2)10-14-11-16(5-7-19(14)25)30(28,29)9-8-20(26)24-18-12-15(22)4-6-17(18)23/h4-7,11-13H,3,8-10H2,1-2H3,(H,24,26)/t13-/m0/s1. The first-order valence-corrected chi connectivity index (χ1v) is 11.2. The molecule has 0 bridgehead atoms. The average Bonchev–Trinajstić information content (AvgIpc) is 3.03. The molecule has 0 radical (unpaired) electrons. The first-order valence-electron chi connectivity index (χ1n) is 9.55. The number of sulfone groups is 1. The van der Waals surface area contributed by atoms with E-state index in [-0.39, 0.29) is 22.5 Å². The summed E-state index contributed by atoms with van der Waals surface area (Å²) < 4.78 is 52.1. The fourth-order valence-corrected chi connectivity index (χ4v) is 4.79. The third-order valence-electron chi connectivity index (χ3n) is 5.00. The van der Waals surface area contributed by atoms with Crippen molar-refractivity contribution in [1.82, 2.24) is 0 Å². The van der Waals surface area contributed by atoms with E-state index >= 15 is 0 Å². The van der Waals surface area contributed by atoms with Gasteiger partial charge in [0.25, 0.3) is 0 Å². The number of nitrogens with zero attached hydrogens (tertiary/aromatic N) is 1. The molecule has 6 nitrogen and oxygen atoms in total. The highest BCUT2D eigenvalue weighted by molar-refractivity contribution is 7.91. The molecule has 1 atom stereocenters. The van der Waals surface area contributed by atoms with Gasteiger partial charge in [-0.15, -0.1) is 0 Å². The van der Waals surface area contributed by atoms with Crippen molar-refractivity contribution in [2.24, 2.45) is 0 Å². The van der Waals surface area contributed by atoms with Crippen LogP contribution in [0.5, 0.6) is 0 Å². The fraction of sp³-hybridized carbons (Fsp3) is 0.333. The summed E-state index contributed by atoms with van der Waals surface area (Å²) in [6.07, 6.45) is 0.487. The first-order chi connectivity index (χ1) is 14.1. The van der Waals surface area contributed by atoms with Gasteiger partial charge in [-0.1, -0.05) is 6.92 Å². The number of fused-ring (bicyclic) bond motifs is 1. The Morgan fingerprint density at radius 1 is 1.17 bits per heavy atom. The van der Waals surface area contributed by atoms with Crippen LogP contribution in [0.15, 0.2) is 41.3 Å². The predicted octanol–water partition coefficient (Wildman–Crippen LogP) is 3.45. The van der Waals surface area contributed by atoms with Crippen molar-refractivity contribution in [2.75, 3.05) is 16.0 Å². The van der Waals surface area contributed by atoms with Gasteiger partial charge in [-0.2, -0.15) is 0 Å². The molecule has 2 aromatic carbocycles. The summed E-state index contributed by atoms with van der Waals surface area (Å²) in [6.45, 7) is 3.67. The highest BCUT2D eigenvalue weighted by Crippen LogP contribution is 2.34. The number of carbonyl (C=O) groups excluding carboxylic acids is 2. The normalized spacial score (nSPS) is 15.7. The molecule has 2 amide bonds. The lowest BCUT2D eigenvalue weighted by atomic mass is 10.1. The highest BCUT2D eigenvalue weighted by atomic mass is 32.2. The van der Waals surface area contributed by atoms with E-state index in [1.165, 1.54) is 12.1 Å². The molecule has 0 unspecified atom stereocenters. The minimum atomic E-state index is -3.78. The summed E-state index contributed by atoms with van der Waals surface area (Å²) in [4.78, 5) is 25.9. The van der Waals surface area contributed by atoms with Gasteiger partial charge in [0.2, 0.25) is 11.8 Å². The van der Waals surface area contributed by atoms with Gasteiger partial charge in [0, 0.05) is 30.6 Å². The second kappa shape index (κ2) is 8.51. The van der Waals surface area contributed by atoms with Crippen molar-refractivity contribution in [2.45, 2.75) is 44.0 Å². The molecule has 1 N–H and O–H groups in total. The number of halogens is 2. The van der Waals surface area contributed by atoms with Crippen LogP contribution in [0.4, 0.5) is 20.2 Å². The summed E-state index contributed by atoms with van der Waals surface area (Å²) in [5.41, 5.74) is 1.12. The monoisotopic (exact) mass is 436 g/mol. The summed E-state index contributed by atoms with van der Waals surface area (Å²) in [6, 6.07) is 7.13. The zero-order valence-corrected chi connectivity index (χ0v) is 17.4. The van der Waals surface area contributed by atoms with Gasteiger partial charge in [-0.3, -0.25) is 9.59 Å². The third-order valence-corrected chi connectivity index (χ3v) is 6.71. The fourth-order valence-electron chi connectivity index (χ4n) is 3.50. The van der Waals surface area contributed by atoms with Gasteiger partial charge in [-0.05, 0) is 49.2 Å². The van der Waals surface area contributed by atoms with Gasteiger partial charge < -0.3 is 10.2 Å². The maximum Gasteiger partial charge on any atom is 0.226 e. The molecule has 1 heterocycles. The molecule has 0 saturated heterocycles. The van der Waals surface area contributed by atoms with Crippen molar-refractivity contribution in [3.05, 3.63) is 53.6 Å². The number of hydrogen-bond donors (Lipinski definition) is 1. The maximum atomic E-state index is 13.6. The van der Waals surface area contributed by atoms with Crippen LogP contribution in [-0.2, 0) is 25.8 Å². The van der Waals surface area contributed by atoms with E-state index in [0.717, 1.165) is 23.8 Å². The number of amides is 2. The number of anilines is 2. The Hall–Kier alpha value is -2.81. The highest BCUT2D eigenvalue weighted by Gasteiger charge is 2.31. The van der Waals surface area contributed by atoms with Crippen LogP contribution >= 0.6 is 0 Å². The van der Waals surface area contributed by atoms with Crippen LogP contribution < -0.4 is 10.2 Å². The minimum absolute atomic E-state index is 0.0295. The number of hydrogen-bond acceptors (Lipinski definition) is 4. The van der Waals surface area contributed by atoms with Crippen molar-refractivity contribution < 1.29 is 26.8 Å². The smallest absolute Gasteiger partial charge is 0.226 e. The van der Waals surface area contributed by atoms with Crippen LogP contribution in [-0.4, -0.2) is 32.0 Å². The van der Waals surface area contributed by atoms with Gasteiger partial charge in [0.1, 0.15) is 11.6 Å². The molecule has 0 spiro atoms. The molecular formula is C21H22F2N2O4S. The van der Waals surface area contributed by atoms with Crippen LogP contribution in [0.25, 0.3) is 0 Å². The lowest BCUT2D eigenvalue weighted by Gasteiger charge is -2.22. The molecule has 0 aromatic heterocycles. The van der Waals surface area contributed by atoms with Crippen LogP contribution in [0.2, 0.25) is 0 Å². The third kappa shape index (κ3) is 4.51. The minimum Gasteiger partial charge on any atom is -0.323 e. The number of benzene rings is 2. The zero-order chi connectivity index (χ0) is 22.1. The van der Waals surface area contributed by atoms with Gasteiger partial charge in [0.15, 0.2) is 9.84 Å². The van der Waals surface area contributed by atoms with Crippen LogP contribution in [0, 0.1) is 11.6 Å². The molecule has 1 aliphatic rings. The van der Waals surface area contributed by atoms with Gasteiger partial charge in [0.05, 0.1) is 16.3 Å². The van der Waals surface area contributed by atoms with Crippen molar-refractivity contribution in [3.8, 4) is 0 Å². The number of rotatable bonds is 6. The molecule has 0 saturated carbocycles. The second-order valence-electron chi connectivity index (χ2n) is 7.20. The maximum absolute atomic E-state index is 13.6. The van der Waals surface area contributed by atoms with E-state index in [9.17, 15) is 26.8 Å². The Kier molecular flexibility index (Phi) is 6.21. The van der Waals surface area contributed by atoms with E-state index < -0.39 is 39.6 Å². The van der Waals surface area contributed by atoms with E-state index in [1.807, 2.05) is 6.92 Å². The molecule has 0 aliphatic carbocycles. The van der Waals surface area contributed by atoms with Gasteiger partial charge in [-0.25, -0.2) is 17.2 Å². The number of nitrogens with one attached hydrogen (secondary N) is 1. The SMILES string of the molecule is CCC(=O)N1c2ccc(S(=O)(=O)CCC(=O)Nc3cc(F)ccc3F)cc2C[C@@H]1C. The molecular weight excluding hydrogens is 414 g/mol. The van der Waals surface area contributed by atoms with E-state index in [2.05, 4.69) is 5.32 Å². The first kappa shape index (κ1) is 21.9. The van der Waals surface area contributed by atoms with E-state index in [0.29, 0.717) is 18.5 Å². The van der Waals surface area contributed by atoms with Crippen molar-refractivity contribution in [1.29, 1.82) is 0 Å².